The normalized spacial score (nSPS) is 13.9. The zero-order chi connectivity index (χ0) is 28.3. The molecule has 1 saturated heterocycles. The molecule has 0 unspecified atom stereocenters. The number of nitrogens with zero attached hydrogens (tertiary/aromatic N) is 5. The largest absolute Gasteiger partial charge is 0.393 e. The maximum Gasteiger partial charge on any atom is 0.255 e. The van der Waals surface area contributed by atoms with Crippen LogP contribution in [0.4, 0.5) is 31.2 Å². The van der Waals surface area contributed by atoms with Gasteiger partial charge in [0.2, 0.25) is 0 Å². The second-order valence-corrected chi connectivity index (χ2v) is 10.7. The molecule has 6 rings (SSSR count). The summed E-state index contributed by atoms with van der Waals surface area (Å²) < 4.78 is 28.0. The Hall–Kier alpha value is -4.48. The van der Waals surface area contributed by atoms with Crippen molar-refractivity contribution in [3.63, 3.8) is 0 Å². The molecule has 3 aromatic heterocycles. The van der Waals surface area contributed by atoms with Gasteiger partial charge in [-0.1, -0.05) is 35.6 Å². The van der Waals surface area contributed by atoms with Crippen molar-refractivity contribution >= 4 is 50.0 Å². The van der Waals surface area contributed by atoms with Crippen molar-refractivity contribution < 1.29 is 18.7 Å². The Labute approximate surface area is 238 Å². The summed E-state index contributed by atoms with van der Waals surface area (Å²) in [7, 11) is 0. The van der Waals surface area contributed by atoms with E-state index in [9.17, 15) is 18.7 Å². The molecule has 8 nitrogen and oxygen atoms in total. The van der Waals surface area contributed by atoms with Gasteiger partial charge in [0.1, 0.15) is 33.6 Å². The Kier molecular flexibility index (Phi) is 7.53. The van der Waals surface area contributed by atoms with Gasteiger partial charge in [-0.25, -0.2) is 23.7 Å². The van der Waals surface area contributed by atoms with Gasteiger partial charge in [-0.15, -0.1) is 0 Å². The fourth-order valence-corrected chi connectivity index (χ4v) is 5.54. The summed E-state index contributed by atoms with van der Waals surface area (Å²) in [5.41, 5.74) is 2.32. The smallest absolute Gasteiger partial charge is 0.255 e. The number of carbonyl (C=O) groups is 1. The monoisotopic (exact) mass is 572 g/mol. The van der Waals surface area contributed by atoms with Gasteiger partial charge in [-0.3, -0.25) is 4.79 Å². The SMILES string of the molecule is O=C(c1ccc(Nc2nc3ccc(N(Cc4ccc(F)cc4F)c4ccccc4)nc3s2)nc1)N1CCC(O)CC1. The molecule has 208 valence electrons. The molecule has 0 bridgehead atoms. The summed E-state index contributed by atoms with van der Waals surface area (Å²) in [5.74, 6) is -0.218. The van der Waals surface area contributed by atoms with E-state index in [2.05, 4.69) is 15.3 Å². The van der Waals surface area contributed by atoms with Crippen LogP contribution >= 0.6 is 11.3 Å². The first-order valence-electron chi connectivity index (χ1n) is 13.2. The fourth-order valence-electron chi connectivity index (χ4n) is 4.70. The molecule has 4 heterocycles. The number of amides is 1. The Balaban J connectivity index is 1.21. The number of hydrogen-bond donors (Lipinski definition) is 2. The number of aromatic nitrogens is 3. The number of carbonyl (C=O) groups excluding carboxylic acids is 1. The van der Waals surface area contributed by atoms with Gasteiger partial charge in [0.25, 0.3) is 5.91 Å². The van der Waals surface area contributed by atoms with E-state index in [1.165, 1.54) is 29.7 Å². The van der Waals surface area contributed by atoms with E-state index in [1.807, 2.05) is 47.4 Å². The molecule has 2 N–H and O–H groups in total. The standard InChI is InChI=1S/C30H26F2N6O2S/c31-21-8-6-20(24(32)16-21)18-38(22-4-2-1-3-5-22)27-11-9-25-28(36-27)41-30(34-25)35-26-10-7-19(17-33-26)29(40)37-14-12-23(39)13-15-37/h1-11,16-17,23,39H,12-15,18H2,(H,33,34,35). The molecule has 0 spiro atoms. The minimum Gasteiger partial charge on any atom is -0.393 e. The molecular formula is C30H26F2N6O2S. The first-order valence-corrected chi connectivity index (χ1v) is 14.0. The number of likely N-dealkylation sites (tertiary alicyclic amines) is 1. The first kappa shape index (κ1) is 26.7. The van der Waals surface area contributed by atoms with Crippen LogP contribution in [0.15, 0.2) is 79.0 Å². The summed E-state index contributed by atoms with van der Waals surface area (Å²) in [6.45, 7) is 1.22. The highest BCUT2D eigenvalue weighted by Gasteiger charge is 2.22. The minimum absolute atomic E-state index is 0.101. The van der Waals surface area contributed by atoms with Crippen LogP contribution in [0.1, 0.15) is 28.8 Å². The second-order valence-electron chi connectivity index (χ2n) is 9.75. The molecule has 41 heavy (non-hydrogen) atoms. The molecule has 0 saturated carbocycles. The third-order valence-electron chi connectivity index (χ3n) is 6.93. The van der Waals surface area contributed by atoms with Gasteiger partial charge in [0, 0.05) is 36.6 Å². The number of piperidine rings is 1. The molecule has 2 aromatic carbocycles. The number of halogens is 2. The maximum absolute atomic E-state index is 14.5. The van der Waals surface area contributed by atoms with Gasteiger partial charge in [-0.2, -0.15) is 0 Å². The number of anilines is 4. The number of nitrogens with one attached hydrogen (secondary N) is 1. The Morgan fingerprint density at radius 3 is 2.56 bits per heavy atom. The molecule has 1 amide bonds. The Morgan fingerprint density at radius 1 is 1.02 bits per heavy atom. The molecule has 11 heteroatoms. The average molecular weight is 573 g/mol. The van der Waals surface area contributed by atoms with E-state index in [4.69, 9.17) is 4.98 Å². The van der Waals surface area contributed by atoms with Gasteiger partial charge in [0.15, 0.2) is 5.13 Å². The maximum atomic E-state index is 14.5. The zero-order valence-corrected chi connectivity index (χ0v) is 22.7. The van der Waals surface area contributed by atoms with E-state index in [1.54, 1.807) is 17.0 Å². The van der Waals surface area contributed by atoms with Crippen molar-refractivity contribution in [1.29, 1.82) is 0 Å². The van der Waals surface area contributed by atoms with Crippen molar-refractivity contribution in [2.45, 2.75) is 25.5 Å². The summed E-state index contributed by atoms with van der Waals surface area (Å²) >= 11 is 1.34. The van der Waals surface area contributed by atoms with Crippen LogP contribution < -0.4 is 10.2 Å². The molecule has 1 fully saturated rings. The number of rotatable bonds is 7. The first-order chi connectivity index (χ1) is 19.9. The average Bonchev–Trinajstić information content (AvgIpc) is 3.39. The lowest BCUT2D eigenvalue weighted by molar-refractivity contribution is 0.0546. The van der Waals surface area contributed by atoms with E-state index in [-0.39, 0.29) is 18.6 Å². The van der Waals surface area contributed by atoms with E-state index in [0.29, 0.717) is 64.2 Å². The number of fused-ring (bicyclic) bond motifs is 1. The third kappa shape index (κ3) is 6.01. The Bertz CT molecular complexity index is 1670. The van der Waals surface area contributed by atoms with E-state index in [0.717, 1.165) is 11.8 Å². The highest BCUT2D eigenvalue weighted by Crippen LogP contribution is 2.32. The van der Waals surface area contributed by atoms with Crippen LogP contribution in [0.3, 0.4) is 0 Å². The lowest BCUT2D eigenvalue weighted by atomic mass is 10.1. The fraction of sp³-hybridized carbons (Fsp3) is 0.200. The van der Waals surface area contributed by atoms with Crippen LogP contribution in [-0.2, 0) is 6.54 Å². The van der Waals surface area contributed by atoms with E-state index < -0.39 is 11.6 Å². The van der Waals surface area contributed by atoms with Crippen molar-refractivity contribution in [1.82, 2.24) is 19.9 Å². The van der Waals surface area contributed by atoms with Gasteiger partial charge < -0.3 is 20.2 Å². The number of para-hydroxylation sites is 1. The highest BCUT2D eigenvalue weighted by atomic mass is 32.1. The van der Waals surface area contributed by atoms with Crippen LogP contribution in [0.2, 0.25) is 0 Å². The number of pyridine rings is 2. The predicted molar refractivity (Wildman–Crippen MR) is 155 cm³/mol. The number of benzene rings is 2. The number of aliphatic hydroxyl groups is 1. The molecule has 5 aromatic rings. The summed E-state index contributed by atoms with van der Waals surface area (Å²) in [6.07, 6.45) is 2.35. The lowest BCUT2D eigenvalue weighted by Gasteiger charge is -2.29. The summed E-state index contributed by atoms with van der Waals surface area (Å²) in [4.78, 5) is 30.8. The number of hydrogen-bond acceptors (Lipinski definition) is 8. The summed E-state index contributed by atoms with van der Waals surface area (Å²) in [6, 6.07) is 20.2. The molecule has 1 aliphatic heterocycles. The Morgan fingerprint density at radius 2 is 1.83 bits per heavy atom. The number of thiazole rings is 1. The minimum atomic E-state index is -0.625. The zero-order valence-electron chi connectivity index (χ0n) is 21.9. The van der Waals surface area contributed by atoms with Crippen LogP contribution in [-0.4, -0.2) is 50.1 Å². The van der Waals surface area contributed by atoms with Crippen molar-refractivity contribution in [3.05, 3.63) is 102 Å². The molecule has 0 aliphatic carbocycles. The lowest BCUT2D eigenvalue weighted by Crippen LogP contribution is -2.40. The van der Waals surface area contributed by atoms with Crippen LogP contribution in [0.5, 0.6) is 0 Å². The van der Waals surface area contributed by atoms with Gasteiger partial charge in [0.05, 0.1) is 18.2 Å². The van der Waals surface area contributed by atoms with Crippen LogP contribution in [0.25, 0.3) is 10.3 Å². The van der Waals surface area contributed by atoms with Crippen molar-refractivity contribution in [2.75, 3.05) is 23.3 Å². The molecule has 1 aliphatic rings. The van der Waals surface area contributed by atoms with Gasteiger partial charge >= 0.3 is 0 Å². The number of aliphatic hydroxyl groups excluding tert-OH is 1. The van der Waals surface area contributed by atoms with Crippen molar-refractivity contribution in [3.8, 4) is 0 Å². The van der Waals surface area contributed by atoms with Crippen LogP contribution in [0, 0.1) is 11.6 Å². The second kappa shape index (κ2) is 11.6. The molecular weight excluding hydrogens is 546 g/mol. The van der Waals surface area contributed by atoms with Gasteiger partial charge in [-0.05, 0) is 55.3 Å². The van der Waals surface area contributed by atoms with E-state index >= 15 is 0 Å². The topological polar surface area (TPSA) is 94.5 Å². The molecule has 0 radical (unpaired) electrons. The van der Waals surface area contributed by atoms with Crippen molar-refractivity contribution in [2.24, 2.45) is 0 Å². The predicted octanol–water partition coefficient (Wildman–Crippen LogP) is 6.04. The highest BCUT2D eigenvalue weighted by molar-refractivity contribution is 7.21. The third-order valence-corrected chi connectivity index (χ3v) is 7.81. The quantitative estimate of drug-likeness (QED) is 0.245. The molecule has 0 atom stereocenters. The summed E-state index contributed by atoms with van der Waals surface area (Å²) in [5, 5.41) is 13.4.